The van der Waals surface area contributed by atoms with E-state index in [9.17, 15) is 9.59 Å². The van der Waals surface area contributed by atoms with Crippen molar-refractivity contribution in [2.45, 2.75) is 52.6 Å². The second-order valence-corrected chi connectivity index (χ2v) is 6.87. The van der Waals surface area contributed by atoms with Crippen LogP contribution in [-0.4, -0.2) is 48.4 Å². The van der Waals surface area contributed by atoms with Gasteiger partial charge in [0.25, 0.3) is 0 Å². The third-order valence-electron chi connectivity index (χ3n) is 4.64. The Morgan fingerprint density at radius 2 is 2.12 bits per heavy atom. The molecule has 1 aliphatic rings. The molecule has 0 radical (unpaired) electrons. The smallest absolute Gasteiger partial charge is 0.237 e. The molecule has 2 rings (SSSR count). The molecule has 5 heteroatoms. The average molecular weight is 331 g/mol. The lowest BCUT2D eigenvalue weighted by Gasteiger charge is -2.37. The summed E-state index contributed by atoms with van der Waals surface area (Å²) in [5, 5.41) is 5.82. The van der Waals surface area contributed by atoms with Crippen LogP contribution < -0.4 is 10.6 Å². The first-order valence-electron chi connectivity index (χ1n) is 8.74. The third kappa shape index (κ3) is 4.81. The number of aryl methyl sites for hydroxylation is 2. The Balaban J connectivity index is 1.86. The summed E-state index contributed by atoms with van der Waals surface area (Å²) in [6.07, 6.45) is 1.03. The highest BCUT2D eigenvalue weighted by molar-refractivity contribution is 5.88. The van der Waals surface area contributed by atoms with Crippen molar-refractivity contribution in [2.24, 2.45) is 0 Å². The van der Waals surface area contributed by atoms with Gasteiger partial charge in [0.05, 0.1) is 12.5 Å². The van der Waals surface area contributed by atoms with Gasteiger partial charge < -0.3 is 10.6 Å². The molecular formula is C19H29N3O2. The summed E-state index contributed by atoms with van der Waals surface area (Å²) >= 11 is 0. The van der Waals surface area contributed by atoms with Crippen molar-refractivity contribution in [2.75, 3.05) is 19.6 Å². The molecule has 1 fully saturated rings. The second-order valence-electron chi connectivity index (χ2n) is 6.87. The maximum atomic E-state index is 12.2. The van der Waals surface area contributed by atoms with Crippen LogP contribution in [0.25, 0.3) is 0 Å². The molecular weight excluding hydrogens is 302 g/mol. The zero-order valence-corrected chi connectivity index (χ0v) is 15.2. The van der Waals surface area contributed by atoms with Crippen molar-refractivity contribution < 1.29 is 9.59 Å². The quantitative estimate of drug-likeness (QED) is 0.832. The van der Waals surface area contributed by atoms with Gasteiger partial charge in [-0.3, -0.25) is 14.5 Å². The molecule has 0 aliphatic carbocycles. The highest BCUT2D eigenvalue weighted by atomic mass is 16.2. The van der Waals surface area contributed by atoms with Gasteiger partial charge in [0.2, 0.25) is 11.8 Å². The zero-order valence-electron chi connectivity index (χ0n) is 15.2. The first kappa shape index (κ1) is 18.5. The highest BCUT2D eigenvalue weighted by Gasteiger charge is 2.32. The van der Waals surface area contributed by atoms with Crippen LogP contribution >= 0.6 is 0 Å². The van der Waals surface area contributed by atoms with Crippen molar-refractivity contribution in [1.29, 1.82) is 0 Å². The number of nitrogens with zero attached hydrogens (tertiary/aromatic N) is 1. The summed E-state index contributed by atoms with van der Waals surface area (Å²) in [6, 6.07) is 6.26. The van der Waals surface area contributed by atoms with E-state index in [1.807, 2.05) is 0 Å². The summed E-state index contributed by atoms with van der Waals surface area (Å²) in [6.45, 7) is 10.3. The first-order valence-corrected chi connectivity index (χ1v) is 8.74. The minimum absolute atomic E-state index is 0.0420. The van der Waals surface area contributed by atoms with Crippen LogP contribution in [-0.2, 0) is 16.0 Å². The van der Waals surface area contributed by atoms with Crippen molar-refractivity contribution in [1.82, 2.24) is 15.5 Å². The number of piperazine rings is 1. The summed E-state index contributed by atoms with van der Waals surface area (Å²) in [7, 11) is 0. The van der Waals surface area contributed by atoms with E-state index in [0.717, 1.165) is 13.0 Å². The van der Waals surface area contributed by atoms with Gasteiger partial charge in [0, 0.05) is 25.7 Å². The predicted molar refractivity (Wildman–Crippen MR) is 95.9 cm³/mol. The average Bonchev–Trinajstić information content (AvgIpc) is 2.52. The minimum atomic E-state index is -0.362. The lowest BCUT2D eigenvalue weighted by molar-refractivity contribution is -0.134. The molecule has 1 atom stereocenters. The molecule has 1 saturated heterocycles. The molecule has 24 heavy (non-hydrogen) atoms. The summed E-state index contributed by atoms with van der Waals surface area (Å²) in [5.41, 5.74) is 3.73. The number of benzene rings is 1. The van der Waals surface area contributed by atoms with Gasteiger partial charge in [0.1, 0.15) is 0 Å². The SMILES string of the molecule is Cc1ccc(C)c(CCNC(=O)C[C@H]2C(=O)NCCN2C(C)C)c1. The Morgan fingerprint density at radius 1 is 1.38 bits per heavy atom. The monoisotopic (exact) mass is 331 g/mol. The molecule has 5 nitrogen and oxygen atoms in total. The molecule has 132 valence electrons. The number of amides is 2. The topological polar surface area (TPSA) is 61.4 Å². The van der Waals surface area contributed by atoms with Gasteiger partial charge >= 0.3 is 0 Å². The van der Waals surface area contributed by atoms with E-state index in [0.29, 0.717) is 13.1 Å². The number of rotatable bonds is 6. The van der Waals surface area contributed by atoms with Gasteiger partial charge in [0.15, 0.2) is 0 Å². The zero-order chi connectivity index (χ0) is 17.7. The Morgan fingerprint density at radius 3 is 2.83 bits per heavy atom. The van der Waals surface area contributed by atoms with Gasteiger partial charge in [-0.15, -0.1) is 0 Å². The van der Waals surface area contributed by atoms with Crippen LogP contribution in [0.2, 0.25) is 0 Å². The molecule has 0 aromatic heterocycles. The minimum Gasteiger partial charge on any atom is -0.356 e. The molecule has 2 N–H and O–H groups in total. The van der Waals surface area contributed by atoms with Crippen LogP contribution in [0.3, 0.4) is 0 Å². The standard InChI is InChI=1S/C19H29N3O2/c1-13(2)22-10-9-21-19(24)17(22)12-18(23)20-8-7-16-11-14(3)5-6-15(16)4/h5-6,11,13,17H,7-10,12H2,1-4H3,(H,20,23)(H,21,24)/t17-/m0/s1. The van der Waals surface area contributed by atoms with Crippen LogP contribution in [0.4, 0.5) is 0 Å². The van der Waals surface area contributed by atoms with Crippen LogP contribution in [0.5, 0.6) is 0 Å². The first-order chi connectivity index (χ1) is 11.4. The van der Waals surface area contributed by atoms with Gasteiger partial charge in [-0.1, -0.05) is 23.8 Å². The largest absolute Gasteiger partial charge is 0.356 e. The number of hydrogen-bond acceptors (Lipinski definition) is 3. The second kappa shape index (κ2) is 8.29. The predicted octanol–water partition coefficient (Wildman–Crippen LogP) is 1.56. The number of carbonyl (C=O) groups excluding carboxylic acids is 2. The van der Waals surface area contributed by atoms with Crippen molar-refractivity contribution in [3.63, 3.8) is 0 Å². The van der Waals surface area contributed by atoms with Crippen molar-refractivity contribution in [3.05, 3.63) is 34.9 Å². The maximum absolute atomic E-state index is 12.2. The molecule has 0 spiro atoms. The highest BCUT2D eigenvalue weighted by Crippen LogP contribution is 2.13. The van der Waals surface area contributed by atoms with Crippen molar-refractivity contribution in [3.8, 4) is 0 Å². The number of nitrogens with one attached hydrogen (secondary N) is 2. The lowest BCUT2D eigenvalue weighted by Crippen LogP contribution is -2.58. The van der Waals surface area contributed by atoms with Crippen LogP contribution in [0, 0.1) is 13.8 Å². The van der Waals surface area contributed by atoms with E-state index in [-0.39, 0.29) is 30.3 Å². The molecule has 2 amide bonds. The molecule has 0 bridgehead atoms. The molecule has 1 aliphatic heterocycles. The maximum Gasteiger partial charge on any atom is 0.237 e. The summed E-state index contributed by atoms with van der Waals surface area (Å²) in [4.78, 5) is 26.4. The van der Waals surface area contributed by atoms with Crippen LogP contribution in [0.1, 0.15) is 37.0 Å². The van der Waals surface area contributed by atoms with Crippen molar-refractivity contribution >= 4 is 11.8 Å². The Labute approximate surface area is 144 Å². The Hall–Kier alpha value is -1.88. The normalized spacial score (nSPS) is 18.5. The van der Waals surface area contributed by atoms with Crippen LogP contribution in [0.15, 0.2) is 18.2 Å². The fourth-order valence-electron chi connectivity index (χ4n) is 3.21. The summed E-state index contributed by atoms with van der Waals surface area (Å²) in [5.74, 6) is -0.104. The molecule has 0 saturated carbocycles. The van der Waals surface area contributed by atoms with E-state index >= 15 is 0 Å². The van der Waals surface area contributed by atoms with Gasteiger partial charge in [-0.05, 0) is 45.2 Å². The number of carbonyl (C=O) groups is 2. The van der Waals surface area contributed by atoms with Gasteiger partial charge in [-0.2, -0.15) is 0 Å². The number of hydrogen-bond donors (Lipinski definition) is 2. The third-order valence-corrected chi connectivity index (χ3v) is 4.64. The van der Waals surface area contributed by atoms with E-state index in [1.165, 1.54) is 16.7 Å². The van der Waals surface area contributed by atoms with E-state index in [1.54, 1.807) is 0 Å². The summed E-state index contributed by atoms with van der Waals surface area (Å²) < 4.78 is 0. The fourth-order valence-corrected chi connectivity index (χ4v) is 3.21. The van der Waals surface area contributed by atoms with E-state index in [2.05, 4.69) is 61.4 Å². The van der Waals surface area contributed by atoms with Gasteiger partial charge in [-0.25, -0.2) is 0 Å². The van der Waals surface area contributed by atoms with E-state index < -0.39 is 0 Å². The van der Waals surface area contributed by atoms with E-state index in [4.69, 9.17) is 0 Å². The molecule has 1 heterocycles. The Kier molecular flexibility index (Phi) is 6.37. The molecule has 1 aromatic carbocycles. The fraction of sp³-hybridized carbons (Fsp3) is 0.579. The molecule has 1 aromatic rings. The lowest BCUT2D eigenvalue weighted by atomic mass is 10.0. The Bertz CT molecular complexity index is 598. The molecule has 0 unspecified atom stereocenters.